The van der Waals surface area contributed by atoms with Crippen LogP contribution in [-0.2, 0) is 11.3 Å². The Morgan fingerprint density at radius 1 is 1.00 bits per heavy atom. The Labute approximate surface area is 101 Å². The molecule has 0 bridgehead atoms. The zero-order valence-electron chi connectivity index (χ0n) is 9.72. The Hall–Kier alpha value is -2.09. The molecule has 0 saturated heterocycles. The molecule has 0 spiro atoms. The van der Waals surface area contributed by atoms with Crippen LogP contribution in [0, 0.1) is 6.92 Å². The highest BCUT2D eigenvalue weighted by atomic mass is 16.5. The zero-order chi connectivity index (χ0) is 12.1. The fourth-order valence-electron chi connectivity index (χ4n) is 1.60. The molecular weight excluding hydrogens is 212 g/mol. The van der Waals surface area contributed by atoms with Crippen molar-refractivity contribution in [3.05, 3.63) is 71.3 Å². The second-order valence-corrected chi connectivity index (χ2v) is 3.88. The van der Waals surface area contributed by atoms with Crippen molar-refractivity contribution in [3.63, 3.8) is 0 Å². The summed E-state index contributed by atoms with van der Waals surface area (Å²) in [5.74, 6) is -0.271. The second-order valence-electron chi connectivity index (χ2n) is 3.88. The van der Waals surface area contributed by atoms with Gasteiger partial charge >= 0.3 is 5.97 Å². The summed E-state index contributed by atoms with van der Waals surface area (Å²) in [5.41, 5.74) is 2.56. The van der Waals surface area contributed by atoms with Crippen molar-refractivity contribution >= 4 is 5.97 Å². The molecule has 2 nitrogen and oxygen atoms in total. The van der Waals surface area contributed by atoms with Gasteiger partial charge in [-0.1, -0.05) is 48.5 Å². The van der Waals surface area contributed by atoms with E-state index in [1.807, 2.05) is 55.5 Å². The summed E-state index contributed by atoms with van der Waals surface area (Å²) >= 11 is 0. The molecule has 0 unspecified atom stereocenters. The van der Waals surface area contributed by atoms with E-state index in [0.717, 1.165) is 11.1 Å². The number of benzene rings is 2. The number of aryl methyl sites for hydroxylation is 1. The Morgan fingerprint density at radius 2 is 1.65 bits per heavy atom. The van der Waals surface area contributed by atoms with Crippen molar-refractivity contribution < 1.29 is 9.53 Å². The van der Waals surface area contributed by atoms with Crippen LogP contribution < -0.4 is 0 Å². The average molecular weight is 226 g/mol. The summed E-state index contributed by atoms with van der Waals surface area (Å²) < 4.78 is 5.26. The van der Waals surface area contributed by atoms with E-state index < -0.39 is 0 Å². The molecule has 2 heteroatoms. The molecule has 2 aromatic carbocycles. The minimum Gasteiger partial charge on any atom is -0.457 e. The SMILES string of the molecule is Cc1ccccc1C(=O)OCc1ccccc1. The first-order chi connectivity index (χ1) is 8.27. The molecule has 2 aromatic rings. The minimum atomic E-state index is -0.271. The van der Waals surface area contributed by atoms with Gasteiger partial charge in [0.2, 0.25) is 0 Å². The lowest BCUT2D eigenvalue weighted by Crippen LogP contribution is -2.06. The lowest BCUT2D eigenvalue weighted by Gasteiger charge is -2.06. The highest BCUT2D eigenvalue weighted by Crippen LogP contribution is 2.10. The third kappa shape index (κ3) is 2.94. The number of hydrogen-bond donors (Lipinski definition) is 0. The van der Waals surface area contributed by atoms with Crippen molar-refractivity contribution in [2.24, 2.45) is 0 Å². The van der Waals surface area contributed by atoms with Crippen LogP contribution in [0.1, 0.15) is 21.5 Å². The van der Waals surface area contributed by atoms with E-state index in [-0.39, 0.29) is 5.97 Å². The number of rotatable bonds is 3. The predicted molar refractivity (Wildman–Crippen MR) is 66.7 cm³/mol. The lowest BCUT2D eigenvalue weighted by atomic mass is 10.1. The van der Waals surface area contributed by atoms with Gasteiger partial charge in [-0.3, -0.25) is 0 Å². The Bertz CT molecular complexity index is 503. The van der Waals surface area contributed by atoms with Gasteiger partial charge < -0.3 is 4.74 Å². The minimum absolute atomic E-state index is 0.271. The molecule has 0 N–H and O–H groups in total. The molecule has 86 valence electrons. The molecule has 2 rings (SSSR count). The summed E-state index contributed by atoms with van der Waals surface area (Å²) in [6, 6.07) is 17.1. The van der Waals surface area contributed by atoms with Gasteiger partial charge in [-0.15, -0.1) is 0 Å². The van der Waals surface area contributed by atoms with Crippen LogP contribution in [0.4, 0.5) is 0 Å². The first-order valence-corrected chi connectivity index (χ1v) is 5.54. The number of hydrogen-bond acceptors (Lipinski definition) is 2. The van der Waals surface area contributed by atoms with Gasteiger partial charge in [0.1, 0.15) is 6.61 Å². The molecule has 17 heavy (non-hydrogen) atoms. The first kappa shape index (κ1) is 11.4. The van der Waals surface area contributed by atoms with E-state index in [1.165, 1.54) is 0 Å². The maximum Gasteiger partial charge on any atom is 0.338 e. The van der Waals surface area contributed by atoms with Crippen molar-refractivity contribution in [1.82, 2.24) is 0 Å². The second kappa shape index (κ2) is 5.30. The van der Waals surface area contributed by atoms with Crippen LogP contribution in [-0.4, -0.2) is 5.97 Å². The largest absolute Gasteiger partial charge is 0.457 e. The number of carbonyl (C=O) groups excluding carboxylic acids is 1. The zero-order valence-corrected chi connectivity index (χ0v) is 9.72. The quantitative estimate of drug-likeness (QED) is 0.750. The molecule has 0 saturated carbocycles. The Balaban J connectivity index is 2.01. The summed E-state index contributed by atoms with van der Waals surface area (Å²) in [5, 5.41) is 0. The first-order valence-electron chi connectivity index (χ1n) is 5.54. The Kier molecular flexibility index (Phi) is 3.55. The van der Waals surface area contributed by atoms with Crippen LogP contribution in [0.25, 0.3) is 0 Å². The molecule has 0 aromatic heterocycles. The van der Waals surface area contributed by atoms with E-state index in [2.05, 4.69) is 0 Å². The smallest absolute Gasteiger partial charge is 0.338 e. The maximum absolute atomic E-state index is 11.8. The maximum atomic E-state index is 11.8. The summed E-state index contributed by atoms with van der Waals surface area (Å²) in [7, 11) is 0. The van der Waals surface area contributed by atoms with Crippen LogP contribution in [0.15, 0.2) is 54.6 Å². The summed E-state index contributed by atoms with van der Waals surface area (Å²) in [6.45, 7) is 2.22. The molecule has 0 fully saturated rings. The Morgan fingerprint density at radius 3 is 2.35 bits per heavy atom. The van der Waals surface area contributed by atoms with Crippen LogP contribution in [0.2, 0.25) is 0 Å². The lowest BCUT2D eigenvalue weighted by molar-refractivity contribution is 0.0472. The molecule has 0 aliphatic rings. The predicted octanol–water partition coefficient (Wildman–Crippen LogP) is 3.35. The van der Waals surface area contributed by atoms with Gasteiger partial charge in [-0.05, 0) is 24.1 Å². The van der Waals surface area contributed by atoms with Gasteiger partial charge in [0.25, 0.3) is 0 Å². The third-order valence-electron chi connectivity index (χ3n) is 2.58. The van der Waals surface area contributed by atoms with Crippen LogP contribution in [0.5, 0.6) is 0 Å². The highest BCUT2D eigenvalue weighted by molar-refractivity contribution is 5.90. The molecule has 0 heterocycles. The van der Waals surface area contributed by atoms with Crippen LogP contribution in [0.3, 0.4) is 0 Å². The molecule has 0 radical (unpaired) electrons. The monoisotopic (exact) mass is 226 g/mol. The van der Waals surface area contributed by atoms with E-state index >= 15 is 0 Å². The highest BCUT2D eigenvalue weighted by Gasteiger charge is 2.09. The van der Waals surface area contributed by atoms with Gasteiger partial charge in [-0.2, -0.15) is 0 Å². The van der Waals surface area contributed by atoms with Gasteiger partial charge in [0, 0.05) is 0 Å². The standard InChI is InChI=1S/C15H14O2/c1-12-7-5-6-10-14(12)15(16)17-11-13-8-3-2-4-9-13/h2-10H,11H2,1H3. The van der Waals surface area contributed by atoms with Crippen molar-refractivity contribution in [1.29, 1.82) is 0 Å². The van der Waals surface area contributed by atoms with E-state index in [0.29, 0.717) is 12.2 Å². The molecule has 0 aliphatic heterocycles. The fraction of sp³-hybridized carbons (Fsp3) is 0.133. The number of carbonyl (C=O) groups is 1. The fourth-order valence-corrected chi connectivity index (χ4v) is 1.60. The van der Waals surface area contributed by atoms with Crippen molar-refractivity contribution in [2.45, 2.75) is 13.5 Å². The van der Waals surface area contributed by atoms with Gasteiger partial charge in [0.15, 0.2) is 0 Å². The van der Waals surface area contributed by atoms with Crippen LogP contribution >= 0.6 is 0 Å². The third-order valence-corrected chi connectivity index (χ3v) is 2.58. The van der Waals surface area contributed by atoms with E-state index in [4.69, 9.17) is 4.74 Å². The normalized spacial score (nSPS) is 9.94. The van der Waals surface area contributed by atoms with E-state index in [9.17, 15) is 4.79 Å². The number of esters is 1. The van der Waals surface area contributed by atoms with Gasteiger partial charge in [-0.25, -0.2) is 4.79 Å². The average Bonchev–Trinajstić information content (AvgIpc) is 2.38. The summed E-state index contributed by atoms with van der Waals surface area (Å²) in [6.07, 6.45) is 0. The van der Waals surface area contributed by atoms with Crippen molar-refractivity contribution in [2.75, 3.05) is 0 Å². The van der Waals surface area contributed by atoms with E-state index in [1.54, 1.807) is 6.07 Å². The topological polar surface area (TPSA) is 26.3 Å². The van der Waals surface area contributed by atoms with Gasteiger partial charge in [0.05, 0.1) is 5.56 Å². The van der Waals surface area contributed by atoms with Crippen molar-refractivity contribution in [3.8, 4) is 0 Å². The molecule has 0 atom stereocenters. The molecular formula is C15H14O2. The molecule has 0 aliphatic carbocycles. The summed E-state index contributed by atoms with van der Waals surface area (Å²) in [4.78, 5) is 11.8. The molecule has 0 amide bonds. The number of ether oxygens (including phenoxy) is 1.